The molecule has 3 heteroatoms. The van der Waals surface area contributed by atoms with Gasteiger partial charge in [-0.15, -0.1) is 0 Å². The molecule has 0 amide bonds. The van der Waals surface area contributed by atoms with Crippen LogP contribution in [-0.4, -0.2) is 10.2 Å². The van der Waals surface area contributed by atoms with Crippen molar-refractivity contribution >= 4 is 15.9 Å². The summed E-state index contributed by atoms with van der Waals surface area (Å²) in [5.41, 5.74) is 0.610. The van der Waals surface area contributed by atoms with Crippen molar-refractivity contribution in [3.63, 3.8) is 0 Å². The molecule has 1 aromatic carbocycles. The van der Waals surface area contributed by atoms with Crippen LogP contribution in [-0.2, 0) is 12.2 Å². The van der Waals surface area contributed by atoms with E-state index in [4.69, 9.17) is 5.11 Å². The summed E-state index contributed by atoms with van der Waals surface area (Å²) in [6.07, 6.45) is 0. The number of hydrogen-bond donors (Lipinski definition) is 2. The molecule has 0 saturated heterocycles. The Hall–Kier alpha value is -0.380. The van der Waals surface area contributed by atoms with Gasteiger partial charge in [0.1, 0.15) is 0 Å². The zero-order chi connectivity index (χ0) is 10.1. The van der Waals surface area contributed by atoms with E-state index in [0.29, 0.717) is 0 Å². The fraction of sp³-hybridized carbons (Fsp3) is 0.400. The quantitative estimate of drug-likeness (QED) is 0.838. The molecule has 0 aliphatic carbocycles. The van der Waals surface area contributed by atoms with Crippen LogP contribution in [0.15, 0.2) is 22.7 Å². The van der Waals surface area contributed by atoms with Gasteiger partial charge in [0.2, 0.25) is 0 Å². The van der Waals surface area contributed by atoms with Crippen LogP contribution < -0.4 is 0 Å². The van der Waals surface area contributed by atoms with Gasteiger partial charge in [-0.3, -0.25) is 0 Å². The van der Waals surface area contributed by atoms with Crippen molar-refractivity contribution in [1.82, 2.24) is 0 Å². The van der Waals surface area contributed by atoms with E-state index in [9.17, 15) is 5.11 Å². The Morgan fingerprint density at radius 3 is 2.46 bits per heavy atom. The van der Waals surface area contributed by atoms with Gasteiger partial charge in [-0.05, 0) is 37.1 Å². The standard InChI is InChI=1S/C10H13BrO2/c1-10(2,13)9-4-3-8(11)5-7(9)6-12/h3-5,12-13H,6H2,1-2H3. The van der Waals surface area contributed by atoms with Crippen LogP contribution in [0.3, 0.4) is 0 Å². The van der Waals surface area contributed by atoms with Crippen LogP contribution in [0.25, 0.3) is 0 Å². The summed E-state index contributed by atoms with van der Waals surface area (Å²) < 4.78 is 0.907. The van der Waals surface area contributed by atoms with Crippen molar-refractivity contribution < 1.29 is 10.2 Å². The minimum atomic E-state index is -0.904. The maximum Gasteiger partial charge on any atom is 0.0844 e. The molecule has 1 rings (SSSR count). The van der Waals surface area contributed by atoms with Gasteiger partial charge in [0.15, 0.2) is 0 Å². The lowest BCUT2D eigenvalue weighted by atomic mass is 9.94. The van der Waals surface area contributed by atoms with Crippen LogP contribution in [0, 0.1) is 0 Å². The molecule has 2 N–H and O–H groups in total. The summed E-state index contributed by atoms with van der Waals surface area (Å²) in [4.78, 5) is 0. The summed E-state index contributed by atoms with van der Waals surface area (Å²) in [7, 11) is 0. The second-order valence-electron chi connectivity index (χ2n) is 3.52. The molecule has 0 atom stereocenters. The van der Waals surface area contributed by atoms with E-state index in [2.05, 4.69) is 15.9 Å². The highest BCUT2D eigenvalue weighted by atomic mass is 79.9. The van der Waals surface area contributed by atoms with Gasteiger partial charge in [-0.1, -0.05) is 22.0 Å². The van der Waals surface area contributed by atoms with Gasteiger partial charge in [-0.25, -0.2) is 0 Å². The molecular weight excluding hydrogens is 232 g/mol. The molecule has 0 bridgehead atoms. The molecule has 0 heterocycles. The maximum absolute atomic E-state index is 9.77. The maximum atomic E-state index is 9.77. The Balaban J connectivity index is 3.22. The molecule has 1 aromatic rings. The molecule has 2 nitrogen and oxygen atoms in total. The molecule has 72 valence electrons. The van der Waals surface area contributed by atoms with Gasteiger partial charge in [-0.2, -0.15) is 0 Å². The lowest BCUT2D eigenvalue weighted by Gasteiger charge is -2.21. The topological polar surface area (TPSA) is 40.5 Å². The zero-order valence-corrected chi connectivity index (χ0v) is 9.30. The minimum Gasteiger partial charge on any atom is -0.392 e. The first-order valence-electron chi connectivity index (χ1n) is 4.07. The van der Waals surface area contributed by atoms with Gasteiger partial charge in [0, 0.05) is 4.47 Å². The summed E-state index contributed by atoms with van der Waals surface area (Å²) in [6.45, 7) is 3.35. The van der Waals surface area contributed by atoms with E-state index in [1.165, 1.54) is 0 Å². The highest BCUT2D eigenvalue weighted by Gasteiger charge is 2.19. The van der Waals surface area contributed by atoms with Crippen molar-refractivity contribution in [2.45, 2.75) is 26.1 Å². The summed E-state index contributed by atoms with van der Waals surface area (Å²) in [6, 6.07) is 5.48. The first-order valence-corrected chi connectivity index (χ1v) is 4.86. The molecule has 0 spiro atoms. The largest absolute Gasteiger partial charge is 0.392 e. The van der Waals surface area contributed by atoms with E-state index in [1.54, 1.807) is 13.8 Å². The third kappa shape index (κ3) is 2.53. The van der Waals surface area contributed by atoms with Crippen molar-refractivity contribution in [3.8, 4) is 0 Å². The molecule has 0 aliphatic heterocycles. The second-order valence-corrected chi connectivity index (χ2v) is 4.43. The highest BCUT2D eigenvalue weighted by molar-refractivity contribution is 9.10. The Morgan fingerprint density at radius 2 is 2.00 bits per heavy atom. The fourth-order valence-corrected chi connectivity index (χ4v) is 1.70. The van der Waals surface area contributed by atoms with Crippen molar-refractivity contribution in [2.24, 2.45) is 0 Å². The van der Waals surface area contributed by atoms with E-state index >= 15 is 0 Å². The Labute approximate surface area is 86.3 Å². The minimum absolute atomic E-state index is 0.0568. The SMILES string of the molecule is CC(C)(O)c1ccc(Br)cc1CO. The first kappa shape index (κ1) is 10.7. The average molecular weight is 245 g/mol. The van der Waals surface area contributed by atoms with Crippen LogP contribution in [0.5, 0.6) is 0 Å². The zero-order valence-electron chi connectivity index (χ0n) is 7.71. The third-order valence-corrected chi connectivity index (χ3v) is 2.39. The predicted molar refractivity (Wildman–Crippen MR) is 55.3 cm³/mol. The first-order chi connectivity index (χ1) is 5.95. The molecule has 0 aromatic heterocycles. The number of aliphatic hydroxyl groups is 2. The predicted octanol–water partition coefficient (Wildman–Crippen LogP) is 2.17. The summed E-state index contributed by atoms with van der Waals surface area (Å²) in [5, 5.41) is 18.8. The van der Waals surface area contributed by atoms with Crippen molar-refractivity contribution in [3.05, 3.63) is 33.8 Å². The van der Waals surface area contributed by atoms with Crippen molar-refractivity contribution in [1.29, 1.82) is 0 Å². The van der Waals surface area contributed by atoms with E-state index in [-0.39, 0.29) is 6.61 Å². The molecule has 13 heavy (non-hydrogen) atoms. The number of benzene rings is 1. The van der Waals surface area contributed by atoms with Crippen molar-refractivity contribution in [2.75, 3.05) is 0 Å². The van der Waals surface area contributed by atoms with E-state index < -0.39 is 5.60 Å². The summed E-state index contributed by atoms with van der Waals surface area (Å²) in [5.74, 6) is 0. The number of rotatable bonds is 2. The smallest absolute Gasteiger partial charge is 0.0844 e. The number of hydrogen-bond acceptors (Lipinski definition) is 2. The Morgan fingerprint density at radius 1 is 1.38 bits per heavy atom. The normalized spacial score (nSPS) is 11.8. The van der Waals surface area contributed by atoms with Gasteiger partial charge in [0.05, 0.1) is 12.2 Å². The lowest BCUT2D eigenvalue weighted by molar-refractivity contribution is 0.0759. The van der Waals surface area contributed by atoms with Crippen LogP contribution in [0.4, 0.5) is 0 Å². The van der Waals surface area contributed by atoms with Gasteiger partial charge in [0.25, 0.3) is 0 Å². The summed E-state index contributed by atoms with van der Waals surface area (Å²) >= 11 is 3.31. The Kier molecular flexibility index (Phi) is 3.11. The van der Waals surface area contributed by atoms with E-state index in [1.807, 2.05) is 18.2 Å². The molecule has 0 fully saturated rings. The van der Waals surface area contributed by atoms with Gasteiger partial charge < -0.3 is 10.2 Å². The van der Waals surface area contributed by atoms with Crippen LogP contribution >= 0.6 is 15.9 Å². The highest BCUT2D eigenvalue weighted by Crippen LogP contribution is 2.26. The fourth-order valence-electron chi connectivity index (χ4n) is 1.29. The second kappa shape index (κ2) is 3.78. The Bertz CT molecular complexity index is 302. The third-order valence-electron chi connectivity index (χ3n) is 1.90. The molecule has 0 radical (unpaired) electrons. The molecule has 0 aliphatic rings. The van der Waals surface area contributed by atoms with Crippen LogP contribution in [0.1, 0.15) is 25.0 Å². The molecule has 0 unspecified atom stereocenters. The number of aliphatic hydroxyl groups excluding tert-OH is 1. The monoisotopic (exact) mass is 244 g/mol. The average Bonchev–Trinajstić information content (AvgIpc) is 2.01. The van der Waals surface area contributed by atoms with E-state index in [0.717, 1.165) is 15.6 Å². The van der Waals surface area contributed by atoms with Gasteiger partial charge >= 0.3 is 0 Å². The van der Waals surface area contributed by atoms with Crippen LogP contribution in [0.2, 0.25) is 0 Å². The molecular formula is C10H13BrO2. The lowest BCUT2D eigenvalue weighted by Crippen LogP contribution is -2.17. The molecule has 0 saturated carbocycles. The number of halogens is 1.